The Morgan fingerprint density at radius 1 is 0.788 bits per heavy atom. The van der Waals surface area contributed by atoms with Crippen LogP contribution in [0, 0.1) is 0 Å². The molecule has 164 valence electrons. The predicted octanol–water partition coefficient (Wildman–Crippen LogP) is 5.93. The number of rotatable bonds is 8. The first-order chi connectivity index (χ1) is 16.1. The summed E-state index contributed by atoms with van der Waals surface area (Å²) in [7, 11) is 0. The topological polar surface area (TPSA) is 101 Å². The first-order valence-corrected chi connectivity index (χ1v) is 10.3. The van der Waals surface area contributed by atoms with Crippen molar-refractivity contribution in [1.82, 2.24) is 15.0 Å². The SMILES string of the molecule is C=CC(=O)Nc1cccc(Nc2nc(Cl)nc(Nc3ccc(Oc4ccccc4)cc3)n2)c1. The van der Waals surface area contributed by atoms with Crippen LogP contribution >= 0.6 is 11.6 Å². The van der Waals surface area contributed by atoms with Crippen LogP contribution in [0.3, 0.4) is 0 Å². The number of nitrogens with zero attached hydrogens (tertiary/aromatic N) is 3. The van der Waals surface area contributed by atoms with Gasteiger partial charge in [0.2, 0.25) is 23.1 Å². The molecule has 0 spiro atoms. The predicted molar refractivity (Wildman–Crippen MR) is 130 cm³/mol. The summed E-state index contributed by atoms with van der Waals surface area (Å²) in [5.74, 6) is 1.67. The maximum Gasteiger partial charge on any atom is 0.247 e. The number of anilines is 5. The minimum absolute atomic E-state index is 0.0233. The Bertz CT molecular complexity index is 1270. The maximum atomic E-state index is 11.5. The number of nitrogens with one attached hydrogen (secondary N) is 3. The summed E-state index contributed by atoms with van der Waals surface area (Å²) < 4.78 is 5.80. The summed E-state index contributed by atoms with van der Waals surface area (Å²) >= 11 is 6.09. The molecule has 0 saturated heterocycles. The second-order valence-corrected chi connectivity index (χ2v) is 7.05. The summed E-state index contributed by atoms with van der Waals surface area (Å²) in [4.78, 5) is 24.1. The van der Waals surface area contributed by atoms with Crippen LogP contribution in [0.2, 0.25) is 5.28 Å². The Balaban J connectivity index is 1.45. The molecule has 1 aromatic heterocycles. The molecule has 3 aromatic carbocycles. The zero-order valence-electron chi connectivity index (χ0n) is 17.3. The lowest BCUT2D eigenvalue weighted by Crippen LogP contribution is -2.08. The molecule has 4 aromatic rings. The molecule has 3 N–H and O–H groups in total. The molecule has 0 aliphatic rings. The van der Waals surface area contributed by atoms with E-state index in [0.29, 0.717) is 17.1 Å². The van der Waals surface area contributed by atoms with Gasteiger partial charge in [0.1, 0.15) is 11.5 Å². The highest BCUT2D eigenvalue weighted by atomic mass is 35.5. The molecule has 0 bridgehead atoms. The number of carbonyl (C=O) groups is 1. The van der Waals surface area contributed by atoms with Crippen LogP contribution in [-0.4, -0.2) is 20.9 Å². The minimum atomic E-state index is -0.304. The van der Waals surface area contributed by atoms with Gasteiger partial charge in [-0.1, -0.05) is 30.8 Å². The molecular formula is C24H19ClN6O2. The number of benzene rings is 3. The van der Waals surface area contributed by atoms with Crippen molar-refractivity contribution in [2.45, 2.75) is 0 Å². The third-order valence-electron chi connectivity index (χ3n) is 4.27. The van der Waals surface area contributed by atoms with Crippen LogP contribution in [-0.2, 0) is 4.79 Å². The van der Waals surface area contributed by atoms with Gasteiger partial charge >= 0.3 is 0 Å². The van der Waals surface area contributed by atoms with Gasteiger partial charge in [-0.3, -0.25) is 4.79 Å². The first kappa shape index (κ1) is 21.8. The third-order valence-corrected chi connectivity index (χ3v) is 4.44. The van der Waals surface area contributed by atoms with Crippen molar-refractivity contribution in [3.63, 3.8) is 0 Å². The zero-order chi connectivity index (χ0) is 23.0. The van der Waals surface area contributed by atoms with Crippen molar-refractivity contribution in [3.05, 3.63) is 96.8 Å². The highest BCUT2D eigenvalue weighted by Crippen LogP contribution is 2.25. The summed E-state index contributed by atoms with van der Waals surface area (Å²) in [6.07, 6.45) is 1.20. The quantitative estimate of drug-likeness (QED) is 0.281. The summed E-state index contributed by atoms with van der Waals surface area (Å²) in [5.41, 5.74) is 2.01. The fourth-order valence-electron chi connectivity index (χ4n) is 2.82. The summed E-state index contributed by atoms with van der Waals surface area (Å²) in [5, 5.41) is 8.87. The average molecular weight is 459 g/mol. The highest BCUT2D eigenvalue weighted by Gasteiger charge is 2.08. The number of halogens is 1. The molecule has 0 unspecified atom stereocenters. The van der Waals surface area contributed by atoms with Crippen LogP contribution < -0.4 is 20.7 Å². The highest BCUT2D eigenvalue weighted by molar-refractivity contribution is 6.28. The lowest BCUT2D eigenvalue weighted by molar-refractivity contribution is -0.111. The van der Waals surface area contributed by atoms with E-state index in [1.807, 2.05) is 54.6 Å². The van der Waals surface area contributed by atoms with Crippen molar-refractivity contribution in [2.75, 3.05) is 16.0 Å². The van der Waals surface area contributed by atoms with E-state index in [1.54, 1.807) is 24.3 Å². The number of aromatic nitrogens is 3. The maximum absolute atomic E-state index is 11.5. The van der Waals surface area contributed by atoms with Crippen LogP contribution in [0.15, 0.2) is 91.5 Å². The molecule has 0 atom stereocenters. The Kier molecular flexibility index (Phi) is 6.77. The number of hydrogen-bond donors (Lipinski definition) is 3. The van der Waals surface area contributed by atoms with E-state index in [2.05, 4.69) is 37.5 Å². The lowest BCUT2D eigenvalue weighted by atomic mass is 10.2. The second-order valence-electron chi connectivity index (χ2n) is 6.72. The van der Waals surface area contributed by atoms with Gasteiger partial charge in [-0.15, -0.1) is 0 Å². The van der Waals surface area contributed by atoms with Crippen LogP contribution in [0.5, 0.6) is 11.5 Å². The van der Waals surface area contributed by atoms with Crippen LogP contribution in [0.4, 0.5) is 29.0 Å². The van der Waals surface area contributed by atoms with Gasteiger partial charge in [0, 0.05) is 17.1 Å². The molecule has 8 nitrogen and oxygen atoms in total. The Morgan fingerprint density at radius 3 is 2.12 bits per heavy atom. The van der Waals surface area contributed by atoms with E-state index >= 15 is 0 Å². The van der Waals surface area contributed by atoms with Crippen molar-refractivity contribution in [3.8, 4) is 11.5 Å². The average Bonchev–Trinajstić information content (AvgIpc) is 2.81. The van der Waals surface area contributed by atoms with Gasteiger partial charge < -0.3 is 20.7 Å². The van der Waals surface area contributed by atoms with Gasteiger partial charge in [0.25, 0.3) is 0 Å². The number of amides is 1. The normalized spacial score (nSPS) is 10.2. The van der Waals surface area contributed by atoms with Gasteiger partial charge in [-0.2, -0.15) is 15.0 Å². The molecule has 0 aliphatic carbocycles. The standard InChI is InChI=1S/C24H19ClN6O2/c1-2-21(32)26-17-7-6-8-18(15-17)28-24-30-22(25)29-23(31-24)27-16-11-13-20(14-12-16)33-19-9-4-3-5-10-19/h2-15H,1H2,(H,26,32)(H2,27,28,29,30,31). The van der Waals surface area contributed by atoms with Gasteiger partial charge in [0.05, 0.1) is 0 Å². The minimum Gasteiger partial charge on any atom is -0.457 e. The number of ether oxygens (including phenoxy) is 1. The van der Waals surface area contributed by atoms with E-state index in [4.69, 9.17) is 16.3 Å². The molecule has 0 fully saturated rings. The van der Waals surface area contributed by atoms with Crippen LogP contribution in [0.25, 0.3) is 0 Å². The molecule has 0 saturated carbocycles. The molecular weight excluding hydrogens is 440 g/mol. The molecule has 9 heteroatoms. The Morgan fingerprint density at radius 2 is 1.42 bits per heavy atom. The molecule has 0 aliphatic heterocycles. The van der Waals surface area contributed by atoms with E-state index in [1.165, 1.54) is 6.08 Å². The summed E-state index contributed by atoms with van der Waals surface area (Å²) in [6, 6.07) is 24.0. The van der Waals surface area contributed by atoms with E-state index in [-0.39, 0.29) is 23.1 Å². The molecule has 0 radical (unpaired) electrons. The number of hydrogen-bond acceptors (Lipinski definition) is 7. The van der Waals surface area contributed by atoms with Gasteiger partial charge in [-0.25, -0.2) is 0 Å². The fourth-order valence-corrected chi connectivity index (χ4v) is 2.98. The Labute approximate surface area is 195 Å². The van der Waals surface area contributed by atoms with E-state index in [0.717, 1.165) is 11.4 Å². The van der Waals surface area contributed by atoms with E-state index < -0.39 is 0 Å². The molecule has 1 heterocycles. The van der Waals surface area contributed by atoms with Gasteiger partial charge in [0.15, 0.2) is 0 Å². The molecule has 1 amide bonds. The lowest BCUT2D eigenvalue weighted by Gasteiger charge is -2.10. The van der Waals surface area contributed by atoms with Crippen molar-refractivity contribution in [1.29, 1.82) is 0 Å². The first-order valence-electron chi connectivity index (χ1n) is 9.89. The van der Waals surface area contributed by atoms with Gasteiger partial charge in [-0.05, 0) is 72.3 Å². The van der Waals surface area contributed by atoms with Crippen molar-refractivity contribution in [2.24, 2.45) is 0 Å². The number of carbonyl (C=O) groups excluding carboxylic acids is 1. The number of para-hydroxylation sites is 1. The molecule has 4 rings (SSSR count). The zero-order valence-corrected chi connectivity index (χ0v) is 18.1. The Hall–Kier alpha value is -4.43. The van der Waals surface area contributed by atoms with Crippen LogP contribution in [0.1, 0.15) is 0 Å². The van der Waals surface area contributed by atoms with Crippen molar-refractivity contribution < 1.29 is 9.53 Å². The van der Waals surface area contributed by atoms with E-state index in [9.17, 15) is 4.79 Å². The fraction of sp³-hybridized carbons (Fsp3) is 0. The third kappa shape index (κ3) is 6.28. The monoisotopic (exact) mass is 458 g/mol. The van der Waals surface area contributed by atoms with Crippen molar-refractivity contribution >= 4 is 46.5 Å². The summed E-state index contributed by atoms with van der Waals surface area (Å²) in [6.45, 7) is 3.44. The second kappa shape index (κ2) is 10.3. The molecule has 33 heavy (non-hydrogen) atoms. The largest absolute Gasteiger partial charge is 0.457 e. The smallest absolute Gasteiger partial charge is 0.247 e.